The van der Waals surface area contributed by atoms with Gasteiger partial charge in [-0.15, -0.1) is 0 Å². The third kappa shape index (κ3) is 3.37. The van der Waals surface area contributed by atoms with Crippen LogP contribution in [0.4, 0.5) is 0 Å². The molecule has 6 heteroatoms. The van der Waals surface area contributed by atoms with Crippen molar-refractivity contribution in [1.29, 1.82) is 0 Å². The molecule has 6 N–H and O–H groups in total. The van der Waals surface area contributed by atoms with Gasteiger partial charge in [0.05, 0.1) is 12.3 Å². The van der Waals surface area contributed by atoms with Crippen molar-refractivity contribution in [1.82, 2.24) is 10.6 Å². The van der Waals surface area contributed by atoms with Crippen molar-refractivity contribution in [2.45, 2.75) is 43.9 Å². The predicted molar refractivity (Wildman–Crippen MR) is 54.1 cm³/mol. The van der Waals surface area contributed by atoms with Crippen molar-refractivity contribution < 1.29 is 20.4 Å². The summed E-state index contributed by atoms with van der Waals surface area (Å²) in [5.41, 5.74) is 0. The van der Waals surface area contributed by atoms with Crippen LogP contribution in [0, 0.1) is 0 Å². The lowest BCUT2D eigenvalue weighted by Gasteiger charge is -2.34. The van der Waals surface area contributed by atoms with Gasteiger partial charge in [-0.3, -0.25) is 10.6 Å². The second-order valence-corrected chi connectivity index (χ2v) is 3.95. The van der Waals surface area contributed by atoms with Gasteiger partial charge in [0.2, 0.25) is 0 Å². The predicted octanol–water partition coefficient (Wildman–Crippen LogP) is -2.64. The Morgan fingerprint density at radius 3 is 2.00 bits per heavy atom. The number of rotatable bonds is 4. The smallest absolute Gasteiger partial charge is 0.111 e. The third-order valence-corrected chi connectivity index (χ3v) is 2.62. The van der Waals surface area contributed by atoms with Gasteiger partial charge in [0, 0.05) is 0 Å². The van der Waals surface area contributed by atoms with Gasteiger partial charge in [-0.05, 0) is 26.4 Å². The summed E-state index contributed by atoms with van der Waals surface area (Å²) in [5.74, 6) is 0. The first-order valence-electron chi connectivity index (χ1n) is 5.23. The highest BCUT2D eigenvalue weighted by atomic mass is 16.4. The molecule has 1 rings (SSSR count). The zero-order valence-corrected chi connectivity index (χ0v) is 8.80. The van der Waals surface area contributed by atoms with Crippen LogP contribution in [0.3, 0.4) is 0 Å². The standard InChI is InChI=1S/C9H20N2O4/c1-5(12)6(13)7(14)8(15)9-10-3-2-4-11-9/h5-15H,2-4H2,1H3/t5-,6-,7+,8+/m0/s1. The van der Waals surface area contributed by atoms with Crippen molar-refractivity contribution in [3.05, 3.63) is 0 Å². The van der Waals surface area contributed by atoms with Gasteiger partial charge in [-0.2, -0.15) is 0 Å². The molecule has 90 valence electrons. The quantitative estimate of drug-likeness (QED) is 0.309. The van der Waals surface area contributed by atoms with Crippen molar-refractivity contribution in [3.63, 3.8) is 0 Å². The van der Waals surface area contributed by atoms with Crippen LogP contribution in [0.1, 0.15) is 13.3 Å². The van der Waals surface area contributed by atoms with Crippen LogP contribution >= 0.6 is 0 Å². The van der Waals surface area contributed by atoms with Gasteiger partial charge in [0.1, 0.15) is 18.3 Å². The number of nitrogens with one attached hydrogen (secondary N) is 2. The molecule has 6 nitrogen and oxygen atoms in total. The molecule has 4 atom stereocenters. The third-order valence-electron chi connectivity index (χ3n) is 2.62. The van der Waals surface area contributed by atoms with Crippen LogP contribution in [-0.2, 0) is 0 Å². The van der Waals surface area contributed by atoms with Gasteiger partial charge in [0.15, 0.2) is 0 Å². The molecule has 1 aliphatic heterocycles. The van der Waals surface area contributed by atoms with Crippen molar-refractivity contribution in [2.75, 3.05) is 13.1 Å². The van der Waals surface area contributed by atoms with E-state index in [4.69, 9.17) is 5.11 Å². The average molecular weight is 220 g/mol. The molecule has 0 radical (unpaired) electrons. The first-order valence-corrected chi connectivity index (χ1v) is 5.23. The highest BCUT2D eigenvalue weighted by molar-refractivity contribution is 4.87. The van der Waals surface area contributed by atoms with Crippen molar-refractivity contribution in [3.8, 4) is 0 Å². The van der Waals surface area contributed by atoms with Crippen molar-refractivity contribution in [2.24, 2.45) is 0 Å². The lowest BCUT2D eigenvalue weighted by molar-refractivity contribution is -0.112. The summed E-state index contributed by atoms with van der Waals surface area (Å²) in [4.78, 5) is 0. The van der Waals surface area contributed by atoms with Gasteiger partial charge < -0.3 is 20.4 Å². The minimum atomic E-state index is -1.37. The normalized spacial score (nSPS) is 27.0. The summed E-state index contributed by atoms with van der Waals surface area (Å²) in [5, 5.41) is 43.7. The molecule has 15 heavy (non-hydrogen) atoms. The summed E-state index contributed by atoms with van der Waals surface area (Å²) in [6, 6.07) is 0. The Labute approximate surface area is 88.9 Å². The molecule has 0 unspecified atom stereocenters. The van der Waals surface area contributed by atoms with Gasteiger partial charge in [-0.1, -0.05) is 0 Å². The van der Waals surface area contributed by atoms with Crippen LogP contribution in [0.25, 0.3) is 0 Å². The van der Waals surface area contributed by atoms with E-state index in [0.717, 1.165) is 19.5 Å². The van der Waals surface area contributed by atoms with E-state index in [-0.39, 0.29) is 0 Å². The van der Waals surface area contributed by atoms with E-state index in [9.17, 15) is 15.3 Å². The van der Waals surface area contributed by atoms with E-state index in [1.807, 2.05) is 0 Å². The average Bonchev–Trinajstić information content (AvgIpc) is 2.27. The Kier molecular flexibility index (Phi) is 4.91. The maximum absolute atomic E-state index is 9.72. The molecule has 0 aromatic carbocycles. The molecular formula is C9H20N2O4. The van der Waals surface area contributed by atoms with Crippen LogP contribution in [0.5, 0.6) is 0 Å². The van der Waals surface area contributed by atoms with Crippen LogP contribution < -0.4 is 10.6 Å². The van der Waals surface area contributed by atoms with Gasteiger partial charge in [-0.25, -0.2) is 0 Å². The molecule has 1 saturated heterocycles. The van der Waals surface area contributed by atoms with Crippen LogP contribution in [0.2, 0.25) is 0 Å². The van der Waals surface area contributed by atoms with E-state index in [0.29, 0.717) is 0 Å². The molecule has 1 heterocycles. The molecule has 0 saturated carbocycles. The van der Waals surface area contributed by atoms with E-state index in [1.165, 1.54) is 6.92 Å². The minimum absolute atomic E-state index is 0.442. The monoisotopic (exact) mass is 220 g/mol. The SMILES string of the molecule is C[C@H](O)[C@H](O)[C@@H](O)[C@@H](O)C1NCCCN1. The highest BCUT2D eigenvalue weighted by Crippen LogP contribution is 2.08. The van der Waals surface area contributed by atoms with Crippen LogP contribution in [0.15, 0.2) is 0 Å². The van der Waals surface area contributed by atoms with Crippen molar-refractivity contribution >= 4 is 0 Å². The zero-order valence-electron chi connectivity index (χ0n) is 8.80. The topological polar surface area (TPSA) is 105 Å². The molecular weight excluding hydrogens is 200 g/mol. The number of hydrogen-bond acceptors (Lipinski definition) is 6. The maximum Gasteiger partial charge on any atom is 0.111 e. The minimum Gasteiger partial charge on any atom is -0.391 e. The summed E-state index contributed by atoms with van der Waals surface area (Å²) in [6.45, 7) is 2.88. The summed E-state index contributed by atoms with van der Waals surface area (Å²) in [7, 11) is 0. The second-order valence-electron chi connectivity index (χ2n) is 3.95. The Morgan fingerprint density at radius 2 is 1.53 bits per heavy atom. The largest absolute Gasteiger partial charge is 0.391 e. The number of aliphatic hydroxyl groups excluding tert-OH is 4. The molecule has 1 aliphatic rings. The maximum atomic E-state index is 9.72. The van der Waals surface area contributed by atoms with E-state index >= 15 is 0 Å². The lowest BCUT2D eigenvalue weighted by atomic mass is 10.0. The molecule has 0 aromatic rings. The zero-order chi connectivity index (χ0) is 11.4. The molecule has 0 bridgehead atoms. The van der Waals surface area contributed by atoms with E-state index in [2.05, 4.69) is 10.6 Å². The first kappa shape index (κ1) is 12.8. The fourth-order valence-corrected chi connectivity index (χ4v) is 1.60. The Hall–Kier alpha value is -0.240. The fourth-order valence-electron chi connectivity index (χ4n) is 1.60. The second kappa shape index (κ2) is 5.74. The Bertz CT molecular complexity index is 185. The molecule has 0 aromatic heterocycles. The highest BCUT2D eigenvalue weighted by Gasteiger charge is 2.33. The Balaban J connectivity index is 2.46. The summed E-state index contributed by atoms with van der Waals surface area (Å²) in [6.07, 6.45) is -4.41. The molecule has 0 spiro atoms. The number of aliphatic hydroxyl groups is 4. The molecule has 0 aliphatic carbocycles. The Morgan fingerprint density at radius 1 is 1.00 bits per heavy atom. The molecule has 0 amide bonds. The van der Waals surface area contributed by atoms with Gasteiger partial charge in [0.25, 0.3) is 0 Å². The van der Waals surface area contributed by atoms with E-state index < -0.39 is 30.6 Å². The summed E-state index contributed by atoms with van der Waals surface area (Å²) >= 11 is 0. The lowest BCUT2D eigenvalue weighted by Crippen LogP contribution is -2.61. The van der Waals surface area contributed by atoms with Crippen LogP contribution in [-0.4, -0.2) is 64.1 Å². The van der Waals surface area contributed by atoms with E-state index in [1.54, 1.807) is 0 Å². The fraction of sp³-hybridized carbons (Fsp3) is 1.00. The molecule has 1 fully saturated rings. The van der Waals surface area contributed by atoms with Gasteiger partial charge >= 0.3 is 0 Å². The summed E-state index contributed by atoms with van der Waals surface area (Å²) < 4.78 is 0. The number of hydrogen-bond donors (Lipinski definition) is 6. The first-order chi connectivity index (χ1) is 7.04.